The van der Waals surface area contributed by atoms with E-state index >= 15 is 0 Å². The van der Waals surface area contributed by atoms with E-state index in [2.05, 4.69) is 4.98 Å². The number of alkyl halides is 3. The summed E-state index contributed by atoms with van der Waals surface area (Å²) in [6.07, 6.45) is -3.24. The summed E-state index contributed by atoms with van der Waals surface area (Å²) in [6.45, 7) is -0.0894. The molecule has 0 aromatic carbocycles. The van der Waals surface area contributed by atoms with Gasteiger partial charge in [-0.25, -0.2) is 14.2 Å². The first-order valence-electron chi connectivity index (χ1n) is 5.99. The van der Waals surface area contributed by atoms with E-state index in [1.54, 1.807) is 0 Å². The standard InChI is InChI=1S/C12H12F4N2O2/c13-8-4-9(11(19)20)10(17-5-8)18-3-1-2-7(6-18)12(14,15)16/h4-5,7H,1-3,6H2,(H,19,20). The van der Waals surface area contributed by atoms with Gasteiger partial charge in [-0.3, -0.25) is 0 Å². The summed E-state index contributed by atoms with van der Waals surface area (Å²) in [7, 11) is 0. The third kappa shape index (κ3) is 3.00. The van der Waals surface area contributed by atoms with Crippen LogP contribution in [0.25, 0.3) is 0 Å². The van der Waals surface area contributed by atoms with Gasteiger partial charge in [-0.05, 0) is 18.9 Å². The van der Waals surface area contributed by atoms with Crippen molar-refractivity contribution in [1.29, 1.82) is 0 Å². The van der Waals surface area contributed by atoms with Crippen molar-refractivity contribution in [3.8, 4) is 0 Å². The number of piperidine rings is 1. The second-order valence-electron chi connectivity index (χ2n) is 4.66. The molecule has 1 atom stereocenters. The predicted molar refractivity (Wildman–Crippen MR) is 62.1 cm³/mol. The van der Waals surface area contributed by atoms with Gasteiger partial charge in [0.15, 0.2) is 0 Å². The van der Waals surface area contributed by atoms with Gasteiger partial charge in [-0.1, -0.05) is 0 Å². The Labute approximate surface area is 112 Å². The lowest BCUT2D eigenvalue weighted by atomic mass is 9.97. The van der Waals surface area contributed by atoms with E-state index < -0.39 is 29.4 Å². The number of carboxylic acid groups (broad SMARTS) is 1. The zero-order chi connectivity index (χ0) is 14.9. The van der Waals surface area contributed by atoms with Crippen LogP contribution in [-0.2, 0) is 0 Å². The van der Waals surface area contributed by atoms with Crippen molar-refractivity contribution in [2.45, 2.75) is 19.0 Å². The van der Waals surface area contributed by atoms with Gasteiger partial charge >= 0.3 is 12.1 Å². The number of hydrogen-bond donors (Lipinski definition) is 1. The first kappa shape index (κ1) is 14.5. The van der Waals surface area contributed by atoms with E-state index in [1.165, 1.54) is 4.90 Å². The van der Waals surface area contributed by atoms with Crippen LogP contribution in [0.15, 0.2) is 12.3 Å². The predicted octanol–water partition coefficient (Wildman–Crippen LogP) is 2.70. The Morgan fingerprint density at radius 2 is 2.15 bits per heavy atom. The van der Waals surface area contributed by atoms with Crippen molar-refractivity contribution >= 4 is 11.8 Å². The minimum absolute atomic E-state index is 0.00357. The summed E-state index contributed by atoms with van der Waals surface area (Å²) in [5.74, 6) is -3.89. The van der Waals surface area contributed by atoms with Gasteiger partial charge in [-0.2, -0.15) is 13.2 Å². The monoisotopic (exact) mass is 292 g/mol. The maximum atomic E-state index is 13.0. The van der Waals surface area contributed by atoms with E-state index in [1.807, 2.05) is 0 Å². The van der Waals surface area contributed by atoms with Crippen molar-refractivity contribution in [2.75, 3.05) is 18.0 Å². The van der Waals surface area contributed by atoms with E-state index in [-0.39, 0.29) is 31.7 Å². The minimum atomic E-state index is -4.33. The Hall–Kier alpha value is -1.86. The van der Waals surface area contributed by atoms with Gasteiger partial charge < -0.3 is 10.0 Å². The molecule has 1 saturated heterocycles. The van der Waals surface area contributed by atoms with Crippen LogP contribution < -0.4 is 4.90 Å². The highest BCUT2D eigenvalue weighted by Gasteiger charge is 2.42. The molecule has 110 valence electrons. The molecule has 1 unspecified atom stereocenters. The third-order valence-corrected chi connectivity index (χ3v) is 3.25. The molecule has 0 bridgehead atoms. The normalized spacial score (nSPS) is 20.0. The Morgan fingerprint density at radius 3 is 2.75 bits per heavy atom. The number of pyridine rings is 1. The van der Waals surface area contributed by atoms with E-state index in [4.69, 9.17) is 5.11 Å². The van der Waals surface area contributed by atoms with E-state index in [0.717, 1.165) is 12.3 Å². The third-order valence-electron chi connectivity index (χ3n) is 3.25. The number of halogens is 4. The highest BCUT2D eigenvalue weighted by atomic mass is 19.4. The number of anilines is 1. The highest BCUT2D eigenvalue weighted by Crippen LogP contribution is 2.35. The number of aromatic nitrogens is 1. The van der Waals surface area contributed by atoms with Gasteiger partial charge in [0.1, 0.15) is 17.2 Å². The number of nitrogens with zero attached hydrogens (tertiary/aromatic N) is 2. The van der Waals surface area contributed by atoms with Gasteiger partial charge in [0.05, 0.1) is 12.1 Å². The second-order valence-corrected chi connectivity index (χ2v) is 4.66. The summed E-state index contributed by atoms with van der Waals surface area (Å²) in [4.78, 5) is 15.9. The fourth-order valence-corrected chi connectivity index (χ4v) is 2.28. The molecule has 0 spiro atoms. The fraction of sp³-hybridized carbons (Fsp3) is 0.500. The zero-order valence-electron chi connectivity index (χ0n) is 10.3. The number of hydrogen-bond acceptors (Lipinski definition) is 3. The molecule has 1 aromatic rings. The fourth-order valence-electron chi connectivity index (χ4n) is 2.28. The van der Waals surface area contributed by atoms with Crippen LogP contribution in [0.2, 0.25) is 0 Å². The molecule has 8 heteroatoms. The van der Waals surface area contributed by atoms with Crippen LogP contribution >= 0.6 is 0 Å². The molecule has 0 radical (unpaired) electrons. The molecule has 2 rings (SSSR count). The molecular formula is C12H12F4N2O2. The Balaban J connectivity index is 2.29. The summed E-state index contributed by atoms with van der Waals surface area (Å²) < 4.78 is 51.2. The van der Waals surface area contributed by atoms with Gasteiger partial charge in [0.25, 0.3) is 0 Å². The molecule has 0 saturated carbocycles. The molecule has 1 aliphatic heterocycles. The zero-order valence-corrected chi connectivity index (χ0v) is 10.3. The smallest absolute Gasteiger partial charge is 0.393 e. The average Bonchev–Trinajstić information content (AvgIpc) is 2.37. The van der Waals surface area contributed by atoms with Gasteiger partial charge in [0, 0.05) is 13.1 Å². The maximum absolute atomic E-state index is 13.0. The number of carboxylic acids is 1. The van der Waals surface area contributed by atoms with Gasteiger partial charge in [0.2, 0.25) is 0 Å². The molecule has 1 aromatic heterocycles. The van der Waals surface area contributed by atoms with Crippen LogP contribution in [0.1, 0.15) is 23.2 Å². The second kappa shape index (κ2) is 5.26. The SMILES string of the molecule is O=C(O)c1cc(F)cnc1N1CCCC(C(F)(F)F)C1. The van der Waals surface area contributed by atoms with Crippen molar-refractivity contribution in [3.63, 3.8) is 0 Å². The lowest BCUT2D eigenvalue weighted by Gasteiger charge is -2.35. The molecular weight excluding hydrogens is 280 g/mol. The molecule has 2 heterocycles. The molecule has 0 aliphatic carbocycles. The first-order chi connectivity index (χ1) is 9.29. The summed E-state index contributed by atoms with van der Waals surface area (Å²) in [5.41, 5.74) is -0.423. The molecule has 1 fully saturated rings. The molecule has 1 N–H and O–H groups in total. The Bertz CT molecular complexity index is 519. The first-order valence-corrected chi connectivity index (χ1v) is 5.99. The summed E-state index contributed by atoms with van der Waals surface area (Å²) >= 11 is 0. The maximum Gasteiger partial charge on any atom is 0.393 e. The number of rotatable bonds is 2. The van der Waals surface area contributed by atoms with Crippen molar-refractivity contribution < 1.29 is 27.5 Å². The van der Waals surface area contributed by atoms with Crippen molar-refractivity contribution in [3.05, 3.63) is 23.6 Å². The average molecular weight is 292 g/mol. The minimum Gasteiger partial charge on any atom is -0.478 e. The van der Waals surface area contributed by atoms with Crippen LogP contribution in [0.5, 0.6) is 0 Å². The van der Waals surface area contributed by atoms with Crippen LogP contribution in [0.4, 0.5) is 23.4 Å². The molecule has 4 nitrogen and oxygen atoms in total. The summed E-state index contributed by atoms with van der Waals surface area (Å²) in [5, 5.41) is 8.99. The van der Waals surface area contributed by atoms with Crippen molar-refractivity contribution in [2.24, 2.45) is 5.92 Å². The highest BCUT2D eigenvalue weighted by molar-refractivity contribution is 5.93. The largest absolute Gasteiger partial charge is 0.478 e. The topological polar surface area (TPSA) is 53.4 Å². The van der Waals surface area contributed by atoms with E-state index in [9.17, 15) is 22.4 Å². The van der Waals surface area contributed by atoms with Gasteiger partial charge in [-0.15, -0.1) is 0 Å². The summed E-state index contributed by atoms with van der Waals surface area (Å²) in [6, 6.07) is 0.766. The number of aromatic carboxylic acids is 1. The Kier molecular flexibility index (Phi) is 3.82. The van der Waals surface area contributed by atoms with Crippen LogP contribution in [-0.4, -0.2) is 35.3 Å². The molecule has 0 amide bonds. The lowest BCUT2D eigenvalue weighted by molar-refractivity contribution is -0.176. The Morgan fingerprint density at radius 1 is 1.45 bits per heavy atom. The molecule has 1 aliphatic rings. The molecule has 20 heavy (non-hydrogen) atoms. The van der Waals surface area contributed by atoms with Crippen LogP contribution in [0, 0.1) is 11.7 Å². The van der Waals surface area contributed by atoms with Crippen molar-refractivity contribution in [1.82, 2.24) is 4.98 Å². The number of carbonyl (C=O) groups is 1. The lowest BCUT2D eigenvalue weighted by Crippen LogP contribution is -2.42. The van der Waals surface area contributed by atoms with Crippen LogP contribution in [0.3, 0.4) is 0 Å². The quantitative estimate of drug-likeness (QED) is 0.852. The van der Waals surface area contributed by atoms with E-state index in [0.29, 0.717) is 0 Å².